The van der Waals surface area contributed by atoms with Crippen LogP contribution in [0.2, 0.25) is 0 Å². The van der Waals surface area contributed by atoms with Crippen LogP contribution in [0.4, 0.5) is 4.79 Å². The zero-order chi connectivity index (χ0) is 9.84. The zero-order valence-electron chi connectivity index (χ0n) is 7.04. The molecule has 3 nitrogen and oxygen atoms in total. The molecule has 0 bridgehead atoms. The molecule has 13 heavy (non-hydrogen) atoms. The monoisotopic (exact) mass is 220 g/mol. The summed E-state index contributed by atoms with van der Waals surface area (Å²) in [5.41, 5.74) is 1.92. The minimum atomic E-state index is -1.28. The van der Waals surface area contributed by atoms with Gasteiger partial charge in [0.15, 0.2) is 5.06 Å². The van der Waals surface area contributed by atoms with E-state index in [1.54, 1.807) is 0 Å². The molecule has 0 fully saturated rings. The van der Waals surface area contributed by atoms with Crippen LogP contribution in [0.15, 0.2) is 5.38 Å². The second kappa shape index (κ2) is 4.48. The highest BCUT2D eigenvalue weighted by molar-refractivity contribution is 7.12. The third-order valence-electron chi connectivity index (χ3n) is 1.59. The van der Waals surface area contributed by atoms with E-state index in [9.17, 15) is 4.79 Å². The molecule has 0 saturated carbocycles. The van der Waals surface area contributed by atoms with Crippen LogP contribution in [-0.2, 0) is 6.42 Å². The lowest BCUT2D eigenvalue weighted by atomic mass is 10.2. The van der Waals surface area contributed by atoms with E-state index >= 15 is 0 Å². The molecule has 0 saturated heterocycles. The number of carbonyl (C=O) groups is 1. The summed E-state index contributed by atoms with van der Waals surface area (Å²) in [6.07, 6.45) is -0.642. The molecule has 0 atom stereocenters. The van der Waals surface area contributed by atoms with Crippen molar-refractivity contribution in [3.8, 4) is 5.06 Å². The molecule has 0 spiro atoms. The third kappa shape index (κ3) is 2.60. The summed E-state index contributed by atoms with van der Waals surface area (Å²) in [7, 11) is 0. The van der Waals surface area contributed by atoms with E-state index in [4.69, 9.17) is 16.7 Å². The van der Waals surface area contributed by atoms with Crippen molar-refractivity contribution in [3.63, 3.8) is 0 Å². The zero-order valence-corrected chi connectivity index (χ0v) is 8.61. The second-order valence-electron chi connectivity index (χ2n) is 2.49. The Bertz CT molecular complexity index is 308. The normalized spacial score (nSPS) is 10.0. The highest BCUT2D eigenvalue weighted by Crippen LogP contribution is 2.30. The standard InChI is InChI=1S/C8H9ClO3S/c1-5-4-13-7(12-8(10)11)6(5)2-3-9/h4H,2-3H2,1H3,(H,10,11). The van der Waals surface area contributed by atoms with Crippen molar-refractivity contribution in [2.24, 2.45) is 0 Å². The van der Waals surface area contributed by atoms with Gasteiger partial charge in [0.2, 0.25) is 0 Å². The molecule has 0 aliphatic rings. The fourth-order valence-electron chi connectivity index (χ4n) is 1.00. The maximum absolute atomic E-state index is 10.3. The van der Waals surface area contributed by atoms with Gasteiger partial charge in [-0.05, 0) is 24.3 Å². The molecule has 0 aromatic carbocycles. The number of rotatable bonds is 3. The Hall–Kier alpha value is -0.740. The molecular formula is C8H9ClO3S. The van der Waals surface area contributed by atoms with Gasteiger partial charge in [-0.3, -0.25) is 0 Å². The molecule has 0 radical (unpaired) electrons. The first-order chi connectivity index (χ1) is 6.15. The van der Waals surface area contributed by atoms with Gasteiger partial charge >= 0.3 is 6.16 Å². The van der Waals surface area contributed by atoms with Crippen LogP contribution in [0, 0.1) is 6.92 Å². The number of ether oxygens (including phenoxy) is 1. The van der Waals surface area contributed by atoms with E-state index in [-0.39, 0.29) is 0 Å². The highest BCUT2D eigenvalue weighted by Gasteiger charge is 2.12. The second-order valence-corrected chi connectivity index (χ2v) is 3.71. The first-order valence-corrected chi connectivity index (χ1v) is 5.10. The predicted molar refractivity (Wildman–Crippen MR) is 52.1 cm³/mol. The molecule has 1 N–H and O–H groups in total. The Kier molecular flexibility index (Phi) is 3.57. The van der Waals surface area contributed by atoms with E-state index in [1.165, 1.54) is 11.3 Å². The van der Waals surface area contributed by atoms with Crippen LogP contribution in [-0.4, -0.2) is 17.1 Å². The van der Waals surface area contributed by atoms with Crippen LogP contribution in [0.3, 0.4) is 0 Å². The minimum Gasteiger partial charge on any atom is -0.449 e. The fourth-order valence-corrected chi connectivity index (χ4v) is 2.14. The lowest BCUT2D eigenvalue weighted by Gasteiger charge is -2.00. The van der Waals surface area contributed by atoms with Crippen molar-refractivity contribution in [2.45, 2.75) is 13.3 Å². The molecule has 1 rings (SSSR count). The number of aryl methyl sites for hydroxylation is 1. The maximum atomic E-state index is 10.3. The first kappa shape index (κ1) is 10.3. The van der Waals surface area contributed by atoms with E-state index in [2.05, 4.69) is 4.74 Å². The summed E-state index contributed by atoms with van der Waals surface area (Å²) in [6, 6.07) is 0. The summed E-state index contributed by atoms with van der Waals surface area (Å²) in [6.45, 7) is 1.91. The number of thiophene rings is 1. The molecule has 0 aliphatic carbocycles. The van der Waals surface area contributed by atoms with E-state index in [1.807, 2.05) is 12.3 Å². The molecular weight excluding hydrogens is 212 g/mol. The number of halogens is 1. The van der Waals surface area contributed by atoms with Gasteiger partial charge in [-0.1, -0.05) is 0 Å². The van der Waals surface area contributed by atoms with E-state index in [0.717, 1.165) is 11.1 Å². The molecule has 1 heterocycles. The summed E-state index contributed by atoms with van der Waals surface area (Å²) in [4.78, 5) is 10.3. The van der Waals surface area contributed by atoms with Gasteiger partial charge in [-0.2, -0.15) is 0 Å². The van der Waals surface area contributed by atoms with Crippen LogP contribution in [0.1, 0.15) is 11.1 Å². The maximum Gasteiger partial charge on any atom is 0.512 e. The Morgan fingerprint density at radius 2 is 2.46 bits per heavy atom. The molecule has 0 unspecified atom stereocenters. The topological polar surface area (TPSA) is 46.5 Å². The summed E-state index contributed by atoms with van der Waals surface area (Å²) >= 11 is 6.86. The van der Waals surface area contributed by atoms with Gasteiger partial charge in [0.25, 0.3) is 0 Å². The Morgan fingerprint density at radius 1 is 1.77 bits per heavy atom. The third-order valence-corrected chi connectivity index (χ3v) is 2.79. The van der Waals surface area contributed by atoms with Crippen molar-refractivity contribution in [1.82, 2.24) is 0 Å². The van der Waals surface area contributed by atoms with Crippen molar-refractivity contribution in [2.75, 3.05) is 5.88 Å². The van der Waals surface area contributed by atoms with Crippen LogP contribution in [0.25, 0.3) is 0 Å². The molecule has 0 aliphatic heterocycles. The average molecular weight is 221 g/mol. The van der Waals surface area contributed by atoms with Gasteiger partial charge < -0.3 is 9.84 Å². The van der Waals surface area contributed by atoms with E-state index in [0.29, 0.717) is 17.4 Å². The number of carboxylic acid groups (broad SMARTS) is 1. The predicted octanol–water partition coefficient (Wildman–Crippen LogP) is 2.89. The van der Waals surface area contributed by atoms with Gasteiger partial charge in [0.1, 0.15) is 0 Å². The quantitative estimate of drug-likeness (QED) is 0.629. The van der Waals surface area contributed by atoms with Gasteiger partial charge in [0.05, 0.1) is 0 Å². The summed E-state index contributed by atoms with van der Waals surface area (Å²) < 4.78 is 4.60. The lowest BCUT2D eigenvalue weighted by Crippen LogP contribution is -2.03. The van der Waals surface area contributed by atoms with Crippen molar-refractivity contribution >= 4 is 29.1 Å². The molecule has 72 valence electrons. The molecule has 0 amide bonds. The molecule has 1 aromatic rings. The van der Waals surface area contributed by atoms with Crippen molar-refractivity contribution < 1.29 is 14.6 Å². The van der Waals surface area contributed by atoms with Gasteiger partial charge in [0, 0.05) is 11.4 Å². The van der Waals surface area contributed by atoms with Crippen LogP contribution in [0.5, 0.6) is 5.06 Å². The Morgan fingerprint density at radius 3 is 3.00 bits per heavy atom. The van der Waals surface area contributed by atoms with Crippen LogP contribution < -0.4 is 4.74 Å². The SMILES string of the molecule is Cc1csc(OC(=O)O)c1CCCl. The fraction of sp³-hybridized carbons (Fsp3) is 0.375. The lowest BCUT2D eigenvalue weighted by molar-refractivity contribution is 0.145. The summed E-state index contributed by atoms with van der Waals surface area (Å²) in [5, 5.41) is 10.7. The number of hydrogen-bond acceptors (Lipinski definition) is 3. The number of hydrogen-bond donors (Lipinski definition) is 1. The largest absolute Gasteiger partial charge is 0.512 e. The van der Waals surface area contributed by atoms with E-state index < -0.39 is 6.16 Å². The molecule has 1 aromatic heterocycles. The Balaban J connectivity index is 2.86. The van der Waals surface area contributed by atoms with Crippen molar-refractivity contribution in [1.29, 1.82) is 0 Å². The number of alkyl halides is 1. The average Bonchev–Trinajstić information content (AvgIpc) is 2.35. The Labute approximate surface area is 84.9 Å². The summed E-state index contributed by atoms with van der Waals surface area (Å²) in [5.74, 6) is 0.466. The van der Waals surface area contributed by atoms with Crippen LogP contribution >= 0.6 is 22.9 Å². The van der Waals surface area contributed by atoms with Crippen molar-refractivity contribution in [3.05, 3.63) is 16.5 Å². The van der Waals surface area contributed by atoms with Gasteiger partial charge in [-0.25, -0.2) is 4.79 Å². The smallest absolute Gasteiger partial charge is 0.449 e. The minimum absolute atomic E-state index is 0.436. The molecule has 5 heteroatoms. The highest BCUT2D eigenvalue weighted by atomic mass is 35.5. The first-order valence-electron chi connectivity index (χ1n) is 3.69. The van der Waals surface area contributed by atoms with Gasteiger partial charge in [-0.15, -0.1) is 22.9 Å².